The topological polar surface area (TPSA) is 17.8 Å². The minimum Gasteiger partial charge on any atom is -0.292 e. The Kier molecular flexibility index (Phi) is 5.62. The van der Waals surface area contributed by atoms with E-state index in [1.165, 1.54) is 3.57 Å². The van der Waals surface area contributed by atoms with Gasteiger partial charge in [-0.15, -0.1) is 0 Å². The molecule has 0 aliphatic rings. The number of nitrogens with zero attached hydrogens (tertiary/aromatic N) is 2. The Morgan fingerprint density at radius 2 is 1.29 bits per heavy atom. The third-order valence-electron chi connectivity index (χ3n) is 5.14. The van der Waals surface area contributed by atoms with Crippen LogP contribution in [0.25, 0.3) is 39.6 Å². The molecule has 0 unspecified atom stereocenters. The number of imidazole rings is 1. The highest BCUT2D eigenvalue weighted by Gasteiger charge is 2.22. The van der Waals surface area contributed by atoms with Crippen molar-refractivity contribution in [1.82, 2.24) is 9.55 Å². The van der Waals surface area contributed by atoms with E-state index in [0.29, 0.717) is 5.02 Å². The first-order valence-corrected chi connectivity index (χ1v) is 11.4. The molecular formula is C27H18ClIN2. The first kappa shape index (κ1) is 20.0. The summed E-state index contributed by atoms with van der Waals surface area (Å²) >= 11 is 8.73. The van der Waals surface area contributed by atoms with Crippen LogP contribution < -0.4 is 0 Å². The summed E-state index contributed by atoms with van der Waals surface area (Å²) in [7, 11) is 0. The molecule has 0 bridgehead atoms. The molecule has 0 spiro atoms. The molecule has 5 aromatic rings. The van der Waals surface area contributed by atoms with Crippen molar-refractivity contribution in [3.63, 3.8) is 0 Å². The van der Waals surface area contributed by atoms with E-state index in [2.05, 4.69) is 93.9 Å². The van der Waals surface area contributed by atoms with Crippen molar-refractivity contribution in [3.05, 3.63) is 118 Å². The predicted octanol–water partition coefficient (Wildman–Crippen LogP) is 8.13. The Morgan fingerprint density at radius 1 is 0.645 bits per heavy atom. The molecule has 150 valence electrons. The lowest BCUT2D eigenvalue weighted by Gasteiger charge is -2.14. The fraction of sp³-hybridized carbons (Fsp3) is 0. The molecule has 0 N–H and O–H groups in total. The van der Waals surface area contributed by atoms with Crippen molar-refractivity contribution in [1.29, 1.82) is 0 Å². The van der Waals surface area contributed by atoms with E-state index >= 15 is 0 Å². The molecule has 0 radical (unpaired) electrons. The maximum atomic E-state index is 6.40. The summed E-state index contributed by atoms with van der Waals surface area (Å²) < 4.78 is 3.40. The van der Waals surface area contributed by atoms with Crippen LogP contribution in [0.3, 0.4) is 0 Å². The number of hydrogen-bond donors (Lipinski definition) is 0. The highest BCUT2D eigenvalue weighted by Crippen LogP contribution is 2.38. The van der Waals surface area contributed by atoms with Crippen LogP contribution in [0.1, 0.15) is 0 Å². The van der Waals surface area contributed by atoms with Gasteiger partial charge in [-0.25, -0.2) is 4.98 Å². The smallest absolute Gasteiger partial charge is 0.145 e. The van der Waals surface area contributed by atoms with Gasteiger partial charge >= 0.3 is 0 Å². The van der Waals surface area contributed by atoms with Crippen LogP contribution >= 0.6 is 34.2 Å². The van der Waals surface area contributed by atoms with Crippen LogP contribution in [-0.4, -0.2) is 9.55 Å². The zero-order chi connectivity index (χ0) is 21.2. The molecule has 0 fully saturated rings. The lowest BCUT2D eigenvalue weighted by Crippen LogP contribution is -2.00. The Hall–Kier alpha value is -2.89. The molecular weight excluding hydrogens is 515 g/mol. The van der Waals surface area contributed by atoms with Gasteiger partial charge in [-0.05, 0) is 52.9 Å². The molecule has 0 amide bonds. The Balaban J connectivity index is 1.89. The average molecular weight is 533 g/mol. The molecule has 1 heterocycles. The van der Waals surface area contributed by atoms with E-state index in [1.807, 2.05) is 42.5 Å². The van der Waals surface area contributed by atoms with E-state index in [1.54, 1.807) is 0 Å². The van der Waals surface area contributed by atoms with Crippen molar-refractivity contribution in [2.45, 2.75) is 0 Å². The summed E-state index contributed by atoms with van der Waals surface area (Å²) in [6, 6.07) is 37.1. The van der Waals surface area contributed by atoms with Gasteiger partial charge in [0.05, 0.1) is 11.4 Å². The largest absolute Gasteiger partial charge is 0.292 e. The Labute approximate surface area is 200 Å². The van der Waals surface area contributed by atoms with E-state index in [9.17, 15) is 0 Å². The van der Waals surface area contributed by atoms with Crippen LogP contribution in [0.4, 0.5) is 0 Å². The van der Waals surface area contributed by atoms with Gasteiger partial charge in [-0.2, -0.15) is 0 Å². The number of hydrogen-bond acceptors (Lipinski definition) is 1. The summed E-state index contributed by atoms with van der Waals surface area (Å²) in [5.74, 6) is 0.886. The van der Waals surface area contributed by atoms with Crippen molar-refractivity contribution in [2.75, 3.05) is 0 Å². The molecule has 4 aromatic carbocycles. The van der Waals surface area contributed by atoms with Crippen molar-refractivity contribution >= 4 is 34.2 Å². The third kappa shape index (κ3) is 4.03. The lowest BCUT2D eigenvalue weighted by atomic mass is 10.0. The second-order valence-electron chi connectivity index (χ2n) is 7.19. The normalized spacial score (nSPS) is 10.9. The van der Waals surface area contributed by atoms with Gasteiger partial charge in [0.1, 0.15) is 5.82 Å². The first-order valence-electron chi connectivity index (χ1n) is 9.96. The van der Waals surface area contributed by atoms with Crippen LogP contribution in [0, 0.1) is 3.57 Å². The standard InChI is InChI=1S/C27H18ClIN2/c28-22-12-7-13-24(18-22)31-26(20-10-5-2-6-11-20)25(19-8-3-1-4-9-19)30-27(31)21-14-16-23(29)17-15-21/h1-18H. The molecule has 0 saturated heterocycles. The van der Waals surface area contributed by atoms with E-state index < -0.39 is 0 Å². The fourth-order valence-corrected chi connectivity index (χ4v) is 4.28. The van der Waals surface area contributed by atoms with Crippen molar-refractivity contribution < 1.29 is 0 Å². The van der Waals surface area contributed by atoms with Crippen LogP contribution in [0.15, 0.2) is 109 Å². The minimum atomic E-state index is 0.694. The second kappa shape index (κ2) is 8.69. The lowest BCUT2D eigenvalue weighted by molar-refractivity contribution is 1.07. The highest BCUT2D eigenvalue weighted by atomic mass is 127. The SMILES string of the molecule is Clc1cccc(-n2c(-c3ccc(I)cc3)nc(-c3ccccc3)c2-c2ccccc2)c1. The first-order chi connectivity index (χ1) is 15.2. The number of benzene rings is 4. The van der Waals surface area contributed by atoms with Crippen LogP contribution in [-0.2, 0) is 0 Å². The minimum absolute atomic E-state index is 0.694. The maximum absolute atomic E-state index is 6.40. The summed E-state index contributed by atoms with van der Waals surface area (Å²) in [5, 5.41) is 0.694. The van der Waals surface area contributed by atoms with Gasteiger partial charge in [-0.3, -0.25) is 4.57 Å². The summed E-state index contributed by atoms with van der Waals surface area (Å²) in [4.78, 5) is 5.18. The maximum Gasteiger partial charge on any atom is 0.145 e. The number of halogens is 2. The van der Waals surface area contributed by atoms with Crippen molar-refractivity contribution in [2.24, 2.45) is 0 Å². The monoisotopic (exact) mass is 532 g/mol. The molecule has 2 nitrogen and oxygen atoms in total. The Bertz CT molecular complexity index is 1330. The second-order valence-corrected chi connectivity index (χ2v) is 8.87. The van der Waals surface area contributed by atoms with Crippen LogP contribution in [0.2, 0.25) is 5.02 Å². The number of rotatable bonds is 4. The average Bonchev–Trinajstić information content (AvgIpc) is 3.21. The molecule has 4 heteroatoms. The van der Waals surface area contributed by atoms with Crippen LogP contribution in [0.5, 0.6) is 0 Å². The van der Waals surface area contributed by atoms with Gasteiger partial charge in [0.15, 0.2) is 0 Å². The molecule has 0 atom stereocenters. The van der Waals surface area contributed by atoms with E-state index in [-0.39, 0.29) is 0 Å². The molecule has 0 aliphatic heterocycles. The molecule has 1 aromatic heterocycles. The third-order valence-corrected chi connectivity index (χ3v) is 6.09. The molecule has 5 rings (SSSR count). The predicted molar refractivity (Wildman–Crippen MR) is 138 cm³/mol. The molecule has 0 aliphatic carbocycles. The summed E-state index contributed by atoms with van der Waals surface area (Å²) in [5.41, 5.74) is 6.21. The molecule has 31 heavy (non-hydrogen) atoms. The van der Waals surface area contributed by atoms with Gasteiger partial charge in [0, 0.05) is 31.0 Å². The highest BCUT2D eigenvalue weighted by molar-refractivity contribution is 14.1. The molecule has 0 saturated carbocycles. The van der Waals surface area contributed by atoms with E-state index in [0.717, 1.165) is 39.6 Å². The summed E-state index contributed by atoms with van der Waals surface area (Å²) in [6.07, 6.45) is 0. The quantitative estimate of drug-likeness (QED) is 0.214. The zero-order valence-electron chi connectivity index (χ0n) is 16.5. The van der Waals surface area contributed by atoms with E-state index in [4.69, 9.17) is 16.6 Å². The van der Waals surface area contributed by atoms with Gasteiger partial charge in [-0.1, -0.05) is 90.5 Å². The van der Waals surface area contributed by atoms with Gasteiger partial charge < -0.3 is 0 Å². The number of aromatic nitrogens is 2. The van der Waals surface area contributed by atoms with Gasteiger partial charge in [0.25, 0.3) is 0 Å². The van der Waals surface area contributed by atoms with Crippen molar-refractivity contribution in [3.8, 4) is 39.6 Å². The summed E-state index contributed by atoms with van der Waals surface area (Å²) in [6.45, 7) is 0. The zero-order valence-corrected chi connectivity index (χ0v) is 19.5. The van der Waals surface area contributed by atoms with Gasteiger partial charge in [0.2, 0.25) is 0 Å². The fourth-order valence-electron chi connectivity index (χ4n) is 3.74. The Morgan fingerprint density at radius 3 is 1.94 bits per heavy atom.